The Bertz CT molecular complexity index is 240. The molecule has 4 unspecified atom stereocenters. The van der Waals surface area contributed by atoms with E-state index in [1.807, 2.05) is 6.92 Å². The monoisotopic (exact) mass is 292 g/mol. The third-order valence-corrected chi connectivity index (χ3v) is 3.43. The molecule has 5 atom stereocenters. The van der Waals surface area contributed by atoms with Gasteiger partial charge in [0.2, 0.25) is 0 Å². The van der Waals surface area contributed by atoms with E-state index in [-0.39, 0.29) is 6.61 Å². The molecule has 1 fully saturated rings. The Morgan fingerprint density at radius 3 is 2.00 bits per heavy atom. The molecule has 1 saturated heterocycles. The van der Waals surface area contributed by atoms with E-state index in [0.29, 0.717) is 13.2 Å². The standard InChI is InChI=1S/C14H28O6/c1-3-5-7-18-12-10(9-15)20-14(17)11(16)13(12)19-8-6-4-2/h10-17H,3-9H2,1-2H3/t10?,11?,12-,13?,14?/m1/s1. The lowest BCUT2D eigenvalue weighted by Crippen LogP contribution is -2.60. The van der Waals surface area contributed by atoms with Gasteiger partial charge in [0, 0.05) is 13.2 Å². The second-order valence-electron chi connectivity index (χ2n) is 5.12. The molecule has 0 aromatic carbocycles. The molecule has 0 amide bonds. The summed E-state index contributed by atoms with van der Waals surface area (Å²) < 4.78 is 16.5. The largest absolute Gasteiger partial charge is 0.394 e. The van der Waals surface area contributed by atoms with Crippen molar-refractivity contribution in [1.29, 1.82) is 0 Å². The molecule has 0 aromatic heterocycles. The number of unbranched alkanes of at least 4 members (excludes halogenated alkanes) is 2. The molecular formula is C14H28O6. The second-order valence-corrected chi connectivity index (χ2v) is 5.12. The van der Waals surface area contributed by atoms with Gasteiger partial charge in [-0.1, -0.05) is 26.7 Å². The van der Waals surface area contributed by atoms with Gasteiger partial charge in [0.05, 0.1) is 6.61 Å². The number of hydrogen-bond donors (Lipinski definition) is 3. The fourth-order valence-electron chi connectivity index (χ4n) is 2.18. The van der Waals surface area contributed by atoms with Gasteiger partial charge in [-0.2, -0.15) is 0 Å². The lowest BCUT2D eigenvalue weighted by molar-refractivity contribution is -0.301. The SMILES string of the molecule is CCCCOC1C(O)C(O)OC(CO)[C@H]1OCCCC. The molecule has 1 heterocycles. The zero-order valence-corrected chi connectivity index (χ0v) is 12.4. The molecule has 120 valence electrons. The first-order chi connectivity index (χ1) is 9.65. The van der Waals surface area contributed by atoms with E-state index in [4.69, 9.17) is 14.2 Å². The summed E-state index contributed by atoms with van der Waals surface area (Å²) in [4.78, 5) is 0. The van der Waals surface area contributed by atoms with E-state index in [2.05, 4.69) is 6.92 Å². The van der Waals surface area contributed by atoms with Crippen LogP contribution in [0.5, 0.6) is 0 Å². The molecule has 3 N–H and O–H groups in total. The highest BCUT2D eigenvalue weighted by Crippen LogP contribution is 2.25. The lowest BCUT2D eigenvalue weighted by atomic mass is 9.98. The smallest absolute Gasteiger partial charge is 0.184 e. The van der Waals surface area contributed by atoms with Crippen LogP contribution in [0.3, 0.4) is 0 Å². The van der Waals surface area contributed by atoms with Crippen LogP contribution in [0.25, 0.3) is 0 Å². The molecule has 20 heavy (non-hydrogen) atoms. The average molecular weight is 292 g/mol. The summed E-state index contributed by atoms with van der Waals surface area (Å²) in [6.45, 7) is 4.81. The summed E-state index contributed by atoms with van der Waals surface area (Å²) >= 11 is 0. The highest BCUT2D eigenvalue weighted by Gasteiger charge is 2.45. The van der Waals surface area contributed by atoms with Gasteiger partial charge in [-0.25, -0.2) is 0 Å². The zero-order valence-electron chi connectivity index (χ0n) is 12.4. The van der Waals surface area contributed by atoms with Crippen molar-refractivity contribution in [3.8, 4) is 0 Å². The first-order valence-electron chi connectivity index (χ1n) is 7.51. The summed E-state index contributed by atoms with van der Waals surface area (Å²) in [5.41, 5.74) is 0. The molecule has 0 radical (unpaired) electrons. The topological polar surface area (TPSA) is 88.4 Å². The maximum Gasteiger partial charge on any atom is 0.184 e. The van der Waals surface area contributed by atoms with Gasteiger partial charge >= 0.3 is 0 Å². The van der Waals surface area contributed by atoms with Crippen molar-refractivity contribution in [3.63, 3.8) is 0 Å². The maximum atomic E-state index is 10.0. The number of rotatable bonds is 9. The predicted molar refractivity (Wildman–Crippen MR) is 73.3 cm³/mol. The van der Waals surface area contributed by atoms with Crippen molar-refractivity contribution >= 4 is 0 Å². The minimum atomic E-state index is -1.36. The molecule has 0 aromatic rings. The van der Waals surface area contributed by atoms with Crippen molar-refractivity contribution in [2.45, 2.75) is 70.2 Å². The van der Waals surface area contributed by atoms with Crippen LogP contribution in [0.4, 0.5) is 0 Å². The number of hydrogen-bond acceptors (Lipinski definition) is 6. The van der Waals surface area contributed by atoms with Crippen LogP contribution in [-0.2, 0) is 14.2 Å². The van der Waals surface area contributed by atoms with Gasteiger partial charge in [-0.15, -0.1) is 0 Å². The van der Waals surface area contributed by atoms with E-state index in [1.165, 1.54) is 0 Å². The van der Waals surface area contributed by atoms with E-state index < -0.39 is 30.7 Å². The van der Waals surface area contributed by atoms with E-state index in [9.17, 15) is 15.3 Å². The molecule has 6 heteroatoms. The first-order valence-corrected chi connectivity index (χ1v) is 7.51. The highest BCUT2D eigenvalue weighted by atomic mass is 16.7. The predicted octanol–water partition coefficient (Wildman–Crippen LogP) is 0.427. The van der Waals surface area contributed by atoms with Crippen molar-refractivity contribution in [3.05, 3.63) is 0 Å². The Balaban J connectivity index is 2.66. The molecular weight excluding hydrogens is 264 g/mol. The molecule has 1 aliphatic heterocycles. The Morgan fingerprint density at radius 1 is 0.950 bits per heavy atom. The molecule has 6 nitrogen and oxygen atoms in total. The van der Waals surface area contributed by atoms with Gasteiger partial charge < -0.3 is 29.5 Å². The summed E-state index contributed by atoms with van der Waals surface area (Å²) in [5.74, 6) is 0. The number of aliphatic hydroxyl groups excluding tert-OH is 3. The van der Waals surface area contributed by atoms with Gasteiger partial charge in [0.15, 0.2) is 6.29 Å². The summed E-state index contributed by atoms with van der Waals surface area (Å²) in [6.07, 6.45) is -0.735. The van der Waals surface area contributed by atoms with Crippen LogP contribution in [0.1, 0.15) is 39.5 Å². The number of aliphatic hydroxyl groups is 3. The van der Waals surface area contributed by atoms with Crippen molar-refractivity contribution in [2.24, 2.45) is 0 Å². The van der Waals surface area contributed by atoms with Crippen LogP contribution < -0.4 is 0 Å². The summed E-state index contributed by atoms with van der Waals surface area (Å²) in [7, 11) is 0. The highest BCUT2D eigenvalue weighted by molar-refractivity contribution is 4.91. The lowest BCUT2D eigenvalue weighted by Gasteiger charge is -2.42. The normalized spacial score (nSPS) is 34.4. The third-order valence-electron chi connectivity index (χ3n) is 3.43. The Kier molecular flexibility index (Phi) is 8.60. The van der Waals surface area contributed by atoms with E-state index in [1.54, 1.807) is 0 Å². The minimum absolute atomic E-state index is 0.284. The van der Waals surface area contributed by atoms with Crippen molar-refractivity contribution < 1.29 is 29.5 Å². The van der Waals surface area contributed by atoms with Crippen molar-refractivity contribution in [1.82, 2.24) is 0 Å². The first kappa shape index (κ1) is 17.8. The maximum absolute atomic E-state index is 10.0. The van der Waals surface area contributed by atoms with Crippen LogP contribution >= 0.6 is 0 Å². The third kappa shape index (κ3) is 4.95. The van der Waals surface area contributed by atoms with Crippen LogP contribution in [-0.4, -0.2) is 65.8 Å². The number of ether oxygens (including phenoxy) is 3. The Morgan fingerprint density at radius 2 is 1.50 bits per heavy atom. The Hall–Kier alpha value is -0.240. The van der Waals surface area contributed by atoms with Crippen LogP contribution in [0.15, 0.2) is 0 Å². The Labute approximate surface area is 120 Å². The summed E-state index contributed by atoms with van der Waals surface area (Å²) in [6, 6.07) is 0. The molecule has 1 rings (SSSR count). The van der Waals surface area contributed by atoms with E-state index in [0.717, 1.165) is 25.7 Å². The quantitative estimate of drug-likeness (QED) is 0.534. The van der Waals surface area contributed by atoms with Gasteiger partial charge in [0.25, 0.3) is 0 Å². The van der Waals surface area contributed by atoms with Gasteiger partial charge in [-0.05, 0) is 12.8 Å². The fraction of sp³-hybridized carbons (Fsp3) is 1.00. The van der Waals surface area contributed by atoms with Crippen LogP contribution in [0.2, 0.25) is 0 Å². The molecule has 0 aliphatic carbocycles. The second kappa shape index (κ2) is 9.65. The zero-order chi connectivity index (χ0) is 15.0. The van der Waals surface area contributed by atoms with Gasteiger partial charge in [0.1, 0.15) is 24.4 Å². The van der Waals surface area contributed by atoms with Crippen molar-refractivity contribution in [2.75, 3.05) is 19.8 Å². The molecule has 0 saturated carbocycles. The van der Waals surface area contributed by atoms with Gasteiger partial charge in [-0.3, -0.25) is 0 Å². The van der Waals surface area contributed by atoms with E-state index >= 15 is 0 Å². The molecule has 0 spiro atoms. The summed E-state index contributed by atoms with van der Waals surface area (Å²) in [5, 5.41) is 29.1. The fourth-order valence-corrected chi connectivity index (χ4v) is 2.18. The molecule has 1 aliphatic rings. The minimum Gasteiger partial charge on any atom is -0.394 e. The van der Waals surface area contributed by atoms with Crippen LogP contribution in [0, 0.1) is 0 Å². The average Bonchev–Trinajstić information content (AvgIpc) is 2.45. The molecule has 0 bridgehead atoms.